The van der Waals surface area contributed by atoms with Crippen LogP contribution < -0.4 is 15.4 Å². The summed E-state index contributed by atoms with van der Waals surface area (Å²) in [6.07, 6.45) is -1.29. The van der Waals surface area contributed by atoms with Crippen molar-refractivity contribution >= 4 is 27.9 Å². The van der Waals surface area contributed by atoms with Gasteiger partial charge in [0.25, 0.3) is 5.91 Å². The molecule has 0 aliphatic heterocycles. The van der Waals surface area contributed by atoms with Crippen LogP contribution in [-0.2, 0) is 26.1 Å². The fourth-order valence-corrected chi connectivity index (χ4v) is 4.14. The third-order valence-electron chi connectivity index (χ3n) is 4.56. The Bertz CT molecular complexity index is 1100. The van der Waals surface area contributed by atoms with Crippen LogP contribution in [0.5, 0.6) is 5.75 Å². The lowest BCUT2D eigenvalue weighted by molar-refractivity contribution is -0.127. The molecule has 2 N–H and O–H groups in total. The normalized spacial score (nSPS) is 12.0. The van der Waals surface area contributed by atoms with Crippen molar-refractivity contribution in [2.75, 3.05) is 20.7 Å². The first-order valence-corrected chi connectivity index (χ1v) is 11.5. The number of hydrogen-bond acceptors (Lipinski definition) is 7. The molecule has 0 aromatic heterocycles. The molecular formula is C22H27N3O7S. The van der Waals surface area contributed by atoms with E-state index in [1.165, 1.54) is 33.2 Å². The first-order valence-electron chi connectivity index (χ1n) is 10.1. The predicted octanol–water partition coefficient (Wildman–Crippen LogP) is 1.91. The number of ether oxygens (including phenoxy) is 2. The average Bonchev–Trinajstić information content (AvgIpc) is 2.79. The van der Waals surface area contributed by atoms with E-state index >= 15 is 0 Å². The molecule has 0 unspecified atom stereocenters. The number of imide groups is 1. The Morgan fingerprint density at radius 3 is 2.36 bits per heavy atom. The van der Waals surface area contributed by atoms with Gasteiger partial charge in [0.05, 0.1) is 12.7 Å². The van der Waals surface area contributed by atoms with E-state index in [0.29, 0.717) is 6.54 Å². The quantitative estimate of drug-likeness (QED) is 0.528. The van der Waals surface area contributed by atoms with Crippen molar-refractivity contribution in [3.63, 3.8) is 0 Å². The zero-order valence-electron chi connectivity index (χ0n) is 18.8. The summed E-state index contributed by atoms with van der Waals surface area (Å²) in [5, 5.41) is 4.42. The van der Waals surface area contributed by atoms with Crippen LogP contribution in [0.1, 0.15) is 29.8 Å². The molecule has 0 saturated carbocycles. The van der Waals surface area contributed by atoms with Gasteiger partial charge in [-0.2, -0.15) is 4.31 Å². The van der Waals surface area contributed by atoms with Gasteiger partial charge in [-0.3, -0.25) is 10.1 Å². The SMILES string of the molecule is CCNC(=O)NC(=O)[C@H](C)OC(=O)c1ccc(OC)c(S(=O)(=O)N(C)Cc2ccccc2)c1. The number of carbonyl (C=O) groups excluding carboxylic acids is 3. The topological polar surface area (TPSA) is 131 Å². The van der Waals surface area contributed by atoms with Gasteiger partial charge in [0.15, 0.2) is 6.10 Å². The fraction of sp³-hybridized carbons (Fsp3) is 0.318. The van der Waals surface area contributed by atoms with E-state index in [9.17, 15) is 22.8 Å². The first-order chi connectivity index (χ1) is 15.6. The molecular weight excluding hydrogens is 450 g/mol. The van der Waals surface area contributed by atoms with Gasteiger partial charge in [-0.15, -0.1) is 0 Å². The van der Waals surface area contributed by atoms with Gasteiger partial charge in [0.2, 0.25) is 10.0 Å². The maximum atomic E-state index is 13.2. The zero-order chi connectivity index (χ0) is 24.6. The van der Waals surface area contributed by atoms with Gasteiger partial charge >= 0.3 is 12.0 Å². The monoisotopic (exact) mass is 477 g/mol. The molecule has 2 rings (SSSR count). The molecule has 0 radical (unpaired) electrons. The van der Waals surface area contributed by atoms with Crippen molar-refractivity contribution in [3.8, 4) is 5.75 Å². The van der Waals surface area contributed by atoms with Crippen molar-refractivity contribution in [3.05, 3.63) is 59.7 Å². The van der Waals surface area contributed by atoms with Gasteiger partial charge in [-0.25, -0.2) is 18.0 Å². The van der Waals surface area contributed by atoms with Gasteiger partial charge in [0.1, 0.15) is 10.6 Å². The highest BCUT2D eigenvalue weighted by Crippen LogP contribution is 2.28. The summed E-state index contributed by atoms with van der Waals surface area (Å²) >= 11 is 0. The number of hydrogen-bond donors (Lipinski definition) is 2. The number of nitrogens with zero attached hydrogens (tertiary/aromatic N) is 1. The molecule has 0 bridgehead atoms. The zero-order valence-corrected chi connectivity index (χ0v) is 19.6. The number of esters is 1. The van der Waals surface area contributed by atoms with Crippen molar-refractivity contribution in [1.29, 1.82) is 0 Å². The number of amides is 3. The maximum absolute atomic E-state index is 13.2. The maximum Gasteiger partial charge on any atom is 0.338 e. The second kappa shape index (κ2) is 11.4. The Morgan fingerprint density at radius 2 is 1.76 bits per heavy atom. The molecule has 3 amide bonds. The molecule has 2 aromatic carbocycles. The number of methoxy groups -OCH3 is 1. The molecule has 2 aromatic rings. The number of sulfonamides is 1. The molecule has 0 aliphatic carbocycles. The number of benzene rings is 2. The van der Waals surface area contributed by atoms with Crippen LogP contribution in [0.4, 0.5) is 4.79 Å². The molecule has 10 nitrogen and oxygen atoms in total. The number of rotatable bonds is 9. The van der Waals surface area contributed by atoms with E-state index in [0.717, 1.165) is 15.9 Å². The summed E-state index contributed by atoms with van der Waals surface area (Å²) in [6, 6.07) is 12.1. The Morgan fingerprint density at radius 1 is 1.09 bits per heavy atom. The Labute approximate surface area is 192 Å². The minimum Gasteiger partial charge on any atom is -0.495 e. The van der Waals surface area contributed by atoms with Gasteiger partial charge in [-0.1, -0.05) is 30.3 Å². The molecule has 33 heavy (non-hydrogen) atoms. The van der Waals surface area contributed by atoms with E-state index in [1.54, 1.807) is 31.2 Å². The predicted molar refractivity (Wildman–Crippen MR) is 120 cm³/mol. The van der Waals surface area contributed by atoms with Crippen molar-refractivity contribution in [2.24, 2.45) is 0 Å². The second-order valence-corrected chi connectivity index (χ2v) is 9.02. The van der Waals surface area contributed by atoms with E-state index < -0.39 is 34.0 Å². The van der Waals surface area contributed by atoms with Gasteiger partial charge < -0.3 is 14.8 Å². The third-order valence-corrected chi connectivity index (χ3v) is 6.39. The molecule has 0 heterocycles. The summed E-state index contributed by atoms with van der Waals surface area (Å²) < 4.78 is 37.8. The van der Waals surface area contributed by atoms with Gasteiger partial charge in [0, 0.05) is 20.1 Å². The van der Waals surface area contributed by atoms with Crippen LogP contribution in [0.25, 0.3) is 0 Å². The lowest BCUT2D eigenvalue weighted by Gasteiger charge is -2.20. The van der Waals surface area contributed by atoms with Crippen molar-refractivity contribution in [2.45, 2.75) is 31.4 Å². The highest BCUT2D eigenvalue weighted by Gasteiger charge is 2.28. The van der Waals surface area contributed by atoms with Crippen molar-refractivity contribution < 1.29 is 32.3 Å². The second-order valence-electron chi connectivity index (χ2n) is 7.01. The molecule has 0 spiro atoms. The van der Waals surface area contributed by atoms with Crippen LogP contribution in [0.3, 0.4) is 0 Å². The number of carbonyl (C=O) groups is 3. The molecule has 1 atom stereocenters. The summed E-state index contributed by atoms with van der Waals surface area (Å²) in [7, 11) is -1.30. The largest absolute Gasteiger partial charge is 0.495 e. The number of urea groups is 1. The highest BCUT2D eigenvalue weighted by atomic mass is 32.2. The van der Waals surface area contributed by atoms with Crippen LogP contribution in [-0.4, -0.2) is 57.4 Å². The van der Waals surface area contributed by atoms with Gasteiger partial charge in [-0.05, 0) is 37.6 Å². The van der Waals surface area contributed by atoms with E-state index in [4.69, 9.17) is 9.47 Å². The standard InChI is InChI=1S/C22H27N3O7S/c1-5-23-22(28)24-20(26)15(2)32-21(27)17-11-12-18(31-4)19(13-17)33(29,30)25(3)14-16-9-7-6-8-10-16/h6-13,15H,5,14H2,1-4H3,(H2,23,24,26,28)/t15-/m0/s1. The van der Waals surface area contributed by atoms with Crippen molar-refractivity contribution in [1.82, 2.24) is 14.9 Å². The van der Waals surface area contributed by atoms with Crippen LogP contribution >= 0.6 is 0 Å². The fourth-order valence-electron chi connectivity index (χ4n) is 2.80. The Balaban J connectivity index is 2.23. The van der Waals surface area contributed by atoms with E-state index in [1.807, 2.05) is 11.4 Å². The summed E-state index contributed by atoms with van der Waals surface area (Å²) in [4.78, 5) is 35.8. The highest BCUT2D eigenvalue weighted by molar-refractivity contribution is 7.89. The molecule has 11 heteroatoms. The van der Waals surface area contributed by atoms with E-state index in [-0.39, 0.29) is 22.8 Å². The lowest BCUT2D eigenvalue weighted by atomic mass is 10.2. The first kappa shape index (κ1) is 25.8. The van der Waals surface area contributed by atoms with Crippen LogP contribution in [0, 0.1) is 0 Å². The lowest BCUT2D eigenvalue weighted by Crippen LogP contribution is -2.44. The Kier molecular flexibility index (Phi) is 8.94. The Hall–Kier alpha value is -3.44. The van der Waals surface area contributed by atoms with Crippen LogP contribution in [0.15, 0.2) is 53.4 Å². The molecule has 0 aliphatic rings. The smallest absolute Gasteiger partial charge is 0.338 e. The van der Waals surface area contributed by atoms with Crippen LogP contribution in [0.2, 0.25) is 0 Å². The third kappa shape index (κ3) is 6.77. The minimum absolute atomic E-state index is 0.0495. The number of nitrogens with one attached hydrogen (secondary N) is 2. The molecule has 0 fully saturated rings. The molecule has 178 valence electrons. The molecule has 0 saturated heterocycles. The summed E-state index contributed by atoms with van der Waals surface area (Å²) in [5.41, 5.74) is 0.685. The van der Waals surface area contributed by atoms with E-state index in [2.05, 4.69) is 5.32 Å². The minimum atomic E-state index is -4.03. The summed E-state index contributed by atoms with van der Waals surface area (Å²) in [5.74, 6) is -1.70. The average molecular weight is 478 g/mol. The summed E-state index contributed by atoms with van der Waals surface area (Å²) in [6.45, 7) is 3.40.